The van der Waals surface area contributed by atoms with Crippen LogP contribution < -0.4 is 10.2 Å². The maximum Gasteiger partial charge on any atom is 0.416 e. The molecule has 0 bridgehead atoms. The highest BCUT2D eigenvalue weighted by Gasteiger charge is 2.30. The summed E-state index contributed by atoms with van der Waals surface area (Å²) < 4.78 is 39.8. The van der Waals surface area contributed by atoms with Crippen LogP contribution in [0.15, 0.2) is 82.6 Å². The van der Waals surface area contributed by atoms with E-state index >= 15 is 0 Å². The molecule has 0 aliphatic carbocycles. The van der Waals surface area contributed by atoms with Gasteiger partial charge in [0, 0.05) is 33.2 Å². The lowest BCUT2D eigenvalue weighted by atomic mass is 10.1. The molecule has 0 aliphatic heterocycles. The molecule has 6 nitrogen and oxygen atoms in total. The summed E-state index contributed by atoms with van der Waals surface area (Å²) in [7, 11) is 0. The number of rotatable bonds is 9. The van der Waals surface area contributed by atoms with Gasteiger partial charge in [0.25, 0.3) is 5.91 Å². The number of anilines is 2. The first kappa shape index (κ1) is 27.3. The van der Waals surface area contributed by atoms with E-state index in [1.165, 1.54) is 23.5 Å². The third-order valence-electron chi connectivity index (χ3n) is 5.55. The number of nitrogens with one attached hydrogen (secondary N) is 1. The summed E-state index contributed by atoms with van der Waals surface area (Å²) in [6.45, 7) is 0.481. The van der Waals surface area contributed by atoms with E-state index in [0.717, 1.165) is 27.9 Å². The second-order valence-corrected chi connectivity index (χ2v) is 10.0. The highest BCUT2D eigenvalue weighted by atomic mass is 79.9. The second-order valence-electron chi connectivity index (χ2n) is 8.25. The number of hydrogen-bond donors (Lipinski definition) is 2. The van der Waals surface area contributed by atoms with Gasteiger partial charge in [0.2, 0.25) is 0 Å². The van der Waals surface area contributed by atoms with Crippen molar-refractivity contribution in [2.75, 3.05) is 11.4 Å². The highest BCUT2D eigenvalue weighted by Crippen LogP contribution is 2.35. The molecule has 0 unspecified atom stereocenters. The average Bonchev–Trinajstić information content (AvgIpc) is 3.38. The lowest BCUT2D eigenvalue weighted by Crippen LogP contribution is -2.26. The molecule has 11 heteroatoms. The molecule has 1 aromatic heterocycles. The van der Waals surface area contributed by atoms with Crippen molar-refractivity contribution < 1.29 is 27.9 Å². The standard InChI is InChI=1S/C27H21BrF3N3O3S/c28-21-9-1-17(2-10-21)15-34(22-11-5-19(6-12-22)25(37)32-14-13-24(35)36)26-33-23(16-38-26)18-3-7-20(8-4-18)27(29,30)31/h1-12,16H,13-15H2,(H,32,37)(H,35,36). The van der Waals surface area contributed by atoms with Crippen LogP contribution in [0.1, 0.15) is 27.9 Å². The molecule has 196 valence electrons. The maximum atomic E-state index is 13.0. The van der Waals surface area contributed by atoms with Gasteiger partial charge in [-0.3, -0.25) is 9.59 Å². The monoisotopic (exact) mass is 603 g/mol. The van der Waals surface area contributed by atoms with Gasteiger partial charge in [-0.25, -0.2) is 4.98 Å². The number of nitrogens with zero attached hydrogens (tertiary/aromatic N) is 2. The van der Waals surface area contributed by atoms with Gasteiger partial charge < -0.3 is 15.3 Å². The summed E-state index contributed by atoms with van der Waals surface area (Å²) in [6, 6.07) is 19.5. The summed E-state index contributed by atoms with van der Waals surface area (Å²) >= 11 is 4.78. The SMILES string of the molecule is O=C(O)CCNC(=O)c1ccc(N(Cc2ccc(Br)cc2)c2nc(-c3ccc(C(F)(F)F)cc3)cs2)cc1. The number of carboxylic acid groups (broad SMARTS) is 1. The molecular formula is C27H21BrF3N3O3S. The van der Waals surface area contributed by atoms with Crippen molar-refractivity contribution in [1.82, 2.24) is 10.3 Å². The van der Waals surface area contributed by atoms with Gasteiger partial charge >= 0.3 is 12.1 Å². The normalized spacial score (nSPS) is 11.3. The highest BCUT2D eigenvalue weighted by molar-refractivity contribution is 9.10. The Morgan fingerprint density at radius 1 is 0.974 bits per heavy atom. The van der Waals surface area contributed by atoms with Crippen molar-refractivity contribution in [3.8, 4) is 11.3 Å². The van der Waals surface area contributed by atoms with E-state index in [2.05, 4.69) is 21.2 Å². The molecule has 2 N–H and O–H groups in total. The first-order valence-electron chi connectivity index (χ1n) is 11.4. The van der Waals surface area contributed by atoms with Gasteiger partial charge in [0.15, 0.2) is 5.13 Å². The van der Waals surface area contributed by atoms with E-state index in [-0.39, 0.29) is 18.9 Å². The van der Waals surface area contributed by atoms with E-state index < -0.39 is 17.7 Å². The number of benzene rings is 3. The minimum Gasteiger partial charge on any atom is -0.481 e. The number of carboxylic acids is 1. The molecule has 0 spiro atoms. The smallest absolute Gasteiger partial charge is 0.416 e. The van der Waals surface area contributed by atoms with Gasteiger partial charge in [-0.1, -0.05) is 40.2 Å². The van der Waals surface area contributed by atoms with E-state index in [0.29, 0.717) is 28.5 Å². The molecule has 4 rings (SSSR count). The van der Waals surface area contributed by atoms with Crippen LogP contribution >= 0.6 is 27.3 Å². The average molecular weight is 604 g/mol. The van der Waals surface area contributed by atoms with Crippen molar-refractivity contribution in [3.05, 3.63) is 99.3 Å². The number of carbonyl (C=O) groups is 2. The Bertz CT molecular complexity index is 1410. The summed E-state index contributed by atoms with van der Waals surface area (Å²) in [5, 5.41) is 13.7. The Kier molecular flexibility index (Phi) is 8.48. The quantitative estimate of drug-likeness (QED) is 0.212. The largest absolute Gasteiger partial charge is 0.481 e. The van der Waals surface area contributed by atoms with E-state index in [1.807, 2.05) is 29.2 Å². The van der Waals surface area contributed by atoms with Crippen molar-refractivity contribution in [3.63, 3.8) is 0 Å². The topological polar surface area (TPSA) is 82.5 Å². The molecule has 0 saturated heterocycles. The second kappa shape index (κ2) is 11.8. The number of hydrogen-bond acceptors (Lipinski definition) is 5. The third-order valence-corrected chi connectivity index (χ3v) is 6.94. The van der Waals surface area contributed by atoms with Crippen molar-refractivity contribution in [2.24, 2.45) is 0 Å². The number of thiazole rings is 1. The minimum atomic E-state index is -4.41. The molecule has 4 aromatic rings. The van der Waals surface area contributed by atoms with Crippen molar-refractivity contribution >= 4 is 50.0 Å². The fourth-order valence-electron chi connectivity index (χ4n) is 3.57. The fourth-order valence-corrected chi connectivity index (χ4v) is 4.69. The Balaban J connectivity index is 1.60. The summed E-state index contributed by atoms with van der Waals surface area (Å²) in [5.41, 5.74) is 2.53. The zero-order valence-electron chi connectivity index (χ0n) is 19.7. The Morgan fingerprint density at radius 2 is 1.63 bits per heavy atom. The van der Waals surface area contributed by atoms with Gasteiger partial charge in [-0.2, -0.15) is 13.2 Å². The van der Waals surface area contributed by atoms with Gasteiger partial charge in [0.1, 0.15) is 0 Å². The van der Waals surface area contributed by atoms with Crippen LogP contribution in [0.2, 0.25) is 0 Å². The Labute approximate surface area is 228 Å². The minimum absolute atomic E-state index is 0.0252. The predicted molar refractivity (Wildman–Crippen MR) is 144 cm³/mol. The number of halogens is 4. The van der Waals surface area contributed by atoms with Crippen molar-refractivity contribution in [1.29, 1.82) is 0 Å². The Hall–Kier alpha value is -3.70. The van der Waals surface area contributed by atoms with Crippen LogP contribution in [-0.4, -0.2) is 28.5 Å². The van der Waals surface area contributed by atoms with Crippen LogP contribution in [0.5, 0.6) is 0 Å². The number of aliphatic carboxylic acids is 1. The molecule has 0 atom stereocenters. The van der Waals surface area contributed by atoms with Crippen LogP contribution in [-0.2, 0) is 17.5 Å². The summed E-state index contributed by atoms with van der Waals surface area (Å²) in [4.78, 5) is 29.7. The number of carbonyl (C=O) groups excluding carboxylic acids is 1. The molecule has 38 heavy (non-hydrogen) atoms. The lowest BCUT2D eigenvalue weighted by molar-refractivity contribution is -0.138. The van der Waals surface area contributed by atoms with Gasteiger partial charge in [-0.15, -0.1) is 11.3 Å². The van der Waals surface area contributed by atoms with Gasteiger partial charge in [0.05, 0.1) is 24.2 Å². The van der Waals surface area contributed by atoms with Crippen LogP contribution in [0, 0.1) is 0 Å². The van der Waals surface area contributed by atoms with Crippen LogP contribution in [0.3, 0.4) is 0 Å². The molecule has 1 amide bonds. The van der Waals surface area contributed by atoms with Crippen molar-refractivity contribution in [2.45, 2.75) is 19.1 Å². The number of amides is 1. The molecule has 1 heterocycles. The van der Waals surface area contributed by atoms with Crippen LogP contribution in [0.4, 0.5) is 24.0 Å². The number of aromatic nitrogens is 1. The fraction of sp³-hybridized carbons (Fsp3) is 0.148. The molecule has 0 aliphatic rings. The zero-order valence-corrected chi connectivity index (χ0v) is 22.1. The molecular weight excluding hydrogens is 583 g/mol. The van der Waals surface area contributed by atoms with Crippen LogP contribution in [0.25, 0.3) is 11.3 Å². The first-order chi connectivity index (χ1) is 18.1. The first-order valence-corrected chi connectivity index (χ1v) is 13.0. The molecule has 0 fully saturated rings. The third kappa shape index (κ3) is 6.99. The molecule has 0 saturated carbocycles. The van der Waals surface area contributed by atoms with E-state index in [4.69, 9.17) is 10.1 Å². The molecule has 3 aromatic carbocycles. The Morgan fingerprint density at radius 3 is 2.24 bits per heavy atom. The zero-order chi connectivity index (χ0) is 27.3. The summed E-state index contributed by atoms with van der Waals surface area (Å²) in [5.74, 6) is -1.38. The van der Waals surface area contributed by atoms with E-state index in [1.54, 1.807) is 29.6 Å². The molecule has 0 radical (unpaired) electrons. The maximum absolute atomic E-state index is 13.0. The predicted octanol–water partition coefficient (Wildman–Crippen LogP) is 7.13. The summed E-state index contributed by atoms with van der Waals surface area (Å²) in [6.07, 6.45) is -4.58. The van der Waals surface area contributed by atoms with E-state index in [9.17, 15) is 22.8 Å². The number of alkyl halides is 3. The lowest BCUT2D eigenvalue weighted by Gasteiger charge is -2.22. The van der Waals surface area contributed by atoms with Gasteiger partial charge in [-0.05, 0) is 54.1 Å².